The first kappa shape index (κ1) is 10.6. The van der Waals surface area contributed by atoms with E-state index in [2.05, 4.69) is 36.5 Å². The van der Waals surface area contributed by atoms with Crippen LogP contribution in [0, 0.1) is 0 Å². The number of H-pyrrole nitrogens is 1. The Hall–Kier alpha value is -0.880. The van der Waals surface area contributed by atoms with E-state index in [-0.39, 0.29) is 5.56 Å². The summed E-state index contributed by atoms with van der Waals surface area (Å²) < 4.78 is 0.475. The van der Waals surface area contributed by atoms with Crippen LogP contribution in [0.5, 0.6) is 0 Å². The van der Waals surface area contributed by atoms with Crippen molar-refractivity contribution in [3.05, 3.63) is 21.2 Å². The summed E-state index contributed by atoms with van der Waals surface area (Å²) >= 11 is 3.22. The fraction of sp³-hybridized carbons (Fsp3) is 0.556. The lowest BCUT2D eigenvalue weighted by molar-refractivity contribution is 0.478. The first-order chi connectivity index (χ1) is 7.27. The Morgan fingerprint density at radius 3 is 2.93 bits per heavy atom. The van der Waals surface area contributed by atoms with Gasteiger partial charge in [-0.15, -0.1) is 0 Å². The highest BCUT2D eigenvalue weighted by molar-refractivity contribution is 9.10. The first-order valence-corrected chi connectivity index (χ1v) is 5.77. The normalized spacial score (nSPS) is 17.7. The number of nitrogens with one attached hydrogen (secondary N) is 3. The van der Waals surface area contributed by atoms with Crippen LogP contribution in [0.3, 0.4) is 0 Å². The number of hydrogen-bond donors (Lipinski definition) is 3. The standard InChI is InChI=1S/C9H13BrN4O/c10-7-8(12-5-13-9(7)15)14-6-1-3-11-4-2-6/h5-6,11H,1-4H2,(H2,12,13,14,15). The highest BCUT2D eigenvalue weighted by Gasteiger charge is 2.15. The smallest absolute Gasteiger partial charge is 0.267 e. The molecular formula is C9H13BrN4O. The predicted molar refractivity (Wildman–Crippen MR) is 62.1 cm³/mol. The fourth-order valence-corrected chi connectivity index (χ4v) is 1.97. The average Bonchev–Trinajstić information content (AvgIpc) is 2.26. The lowest BCUT2D eigenvalue weighted by Crippen LogP contribution is -2.35. The molecule has 1 aliphatic heterocycles. The Bertz CT molecular complexity index is 386. The second kappa shape index (κ2) is 4.76. The van der Waals surface area contributed by atoms with E-state index in [1.165, 1.54) is 6.33 Å². The van der Waals surface area contributed by atoms with Crippen LogP contribution in [0.2, 0.25) is 0 Å². The lowest BCUT2D eigenvalue weighted by Gasteiger charge is -2.24. The average molecular weight is 273 g/mol. The van der Waals surface area contributed by atoms with Crippen LogP contribution in [0.25, 0.3) is 0 Å². The Morgan fingerprint density at radius 2 is 2.20 bits per heavy atom. The molecule has 0 aliphatic carbocycles. The molecule has 82 valence electrons. The molecule has 1 aromatic heterocycles. The zero-order valence-corrected chi connectivity index (χ0v) is 9.80. The topological polar surface area (TPSA) is 69.8 Å². The van der Waals surface area contributed by atoms with Crippen molar-refractivity contribution in [1.82, 2.24) is 15.3 Å². The fourth-order valence-electron chi connectivity index (χ4n) is 1.64. The van der Waals surface area contributed by atoms with E-state index in [9.17, 15) is 4.79 Å². The monoisotopic (exact) mass is 272 g/mol. The van der Waals surface area contributed by atoms with Gasteiger partial charge in [-0.05, 0) is 41.9 Å². The van der Waals surface area contributed by atoms with Crippen LogP contribution < -0.4 is 16.2 Å². The molecule has 15 heavy (non-hydrogen) atoms. The molecule has 6 heteroatoms. The minimum Gasteiger partial charge on any atom is -0.366 e. The second-order valence-corrected chi connectivity index (χ2v) is 4.36. The van der Waals surface area contributed by atoms with Crippen LogP contribution in [0.15, 0.2) is 15.6 Å². The summed E-state index contributed by atoms with van der Waals surface area (Å²) in [6.45, 7) is 2.02. The van der Waals surface area contributed by atoms with E-state index in [1.807, 2.05) is 0 Å². The van der Waals surface area contributed by atoms with Gasteiger partial charge in [0.25, 0.3) is 5.56 Å². The van der Waals surface area contributed by atoms with Crippen LogP contribution in [-0.2, 0) is 0 Å². The van der Waals surface area contributed by atoms with Gasteiger partial charge in [-0.2, -0.15) is 0 Å². The number of halogens is 1. The lowest BCUT2D eigenvalue weighted by atomic mass is 10.1. The number of rotatable bonds is 2. The van der Waals surface area contributed by atoms with Gasteiger partial charge in [-0.3, -0.25) is 4.79 Å². The van der Waals surface area contributed by atoms with E-state index in [4.69, 9.17) is 0 Å². The quantitative estimate of drug-likeness (QED) is 0.741. The van der Waals surface area contributed by atoms with E-state index in [0.29, 0.717) is 16.3 Å². The van der Waals surface area contributed by atoms with Crippen molar-refractivity contribution < 1.29 is 0 Å². The minimum atomic E-state index is -0.151. The van der Waals surface area contributed by atoms with Crippen molar-refractivity contribution in [2.75, 3.05) is 18.4 Å². The van der Waals surface area contributed by atoms with E-state index < -0.39 is 0 Å². The Labute approximate surface area is 95.8 Å². The van der Waals surface area contributed by atoms with Crippen molar-refractivity contribution in [3.8, 4) is 0 Å². The summed E-state index contributed by atoms with van der Waals surface area (Å²) in [6, 6.07) is 0.400. The van der Waals surface area contributed by atoms with Crippen molar-refractivity contribution >= 4 is 21.7 Å². The predicted octanol–water partition coefficient (Wildman–Crippen LogP) is 0.696. The number of aromatic nitrogens is 2. The third-order valence-corrected chi connectivity index (χ3v) is 3.21. The molecule has 0 spiro atoms. The van der Waals surface area contributed by atoms with Crippen molar-refractivity contribution in [2.45, 2.75) is 18.9 Å². The molecule has 1 aliphatic rings. The number of piperidine rings is 1. The highest BCUT2D eigenvalue weighted by atomic mass is 79.9. The first-order valence-electron chi connectivity index (χ1n) is 4.98. The SMILES string of the molecule is O=c1[nH]cnc(NC2CCNCC2)c1Br. The number of nitrogens with zero attached hydrogens (tertiary/aromatic N) is 1. The van der Waals surface area contributed by atoms with Gasteiger partial charge in [0.1, 0.15) is 10.3 Å². The molecule has 0 atom stereocenters. The van der Waals surface area contributed by atoms with Crippen LogP contribution in [0.1, 0.15) is 12.8 Å². The summed E-state index contributed by atoms with van der Waals surface area (Å²) in [5, 5.41) is 6.56. The van der Waals surface area contributed by atoms with E-state index in [0.717, 1.165) is 25.9 Å². The van der Waals surface area contributed by atoms with Gasteiger partial charge in [0.2, 0.25) is 0 Å². The van der Waals surface area contributed by atoms with Crippen LogP contribution in [-0.4, -0.2) is 29.1 Å². The molecule has 1 fully saturated rings. The molecule has 1 aromatic rings. The zero-order chi connectivity index (χ0) is 10.7. The number of anilines is 1. The molecule has 5 nitrogen and oxygen atoms in total. The van der Waals surface area contributed by atoms with Crippen molar-refractivity contribution in [1.29, 1.82) is 0 Å². The summed E-state index contributed by atoms with van der Waals surface area (Å²) in [5.41, 5.74) is -0.151. The van der Waals surface area contributed by atoms with Crippen LogP contribution in [0.4, 0.5) is 5.82 Å². The second-order valence-electron chi connectivity index (χ2n) is 3.56. The molecule has 0 radical (unpaired) electrons. The minimum absolute atomic E-state index is 0.151. The van der Waals surface area contributed by atoms with Gasteiger partial charge >= 0.3 is 0 Å². The maximum atomic E-state index is 11.3. The highest BCUT2D eigenvalue weighted by Crippen LogP contribution is 2.16. The van der Waals surface area contributed by atoms with Gasteiger partial charge in [0.15, 0.2) is 0 Å². The molecule has 3 N–H and O–H groups in total. The number of aromatic amines is 1. The summed E-state index contributed by atoms with van der Waals surface area (Å²) in [7, 11) is 0. The maximum Gasteiger partial charge on any atom is 0.267 e. The molecule has 1 saturated heterocycles. The molecule has 0 saturated carbocycles. The molecular weight excluding hydrogens is 260 g/mol. The molecule has 2 rings (SSSR count). The largest absolute Gasteiger partial charge is 0.366 e. The maximum absolute atomic E-state index is 11.3. The van der Waals surface area contributed by atoms with Gasteiger partial charge < -0.3 is 15.6 Å². The molecule has 2 heterocycles. The Kier molecular flexibility index (Phi) is 3.37. The van der Waals surface area contributed by atoms with Gasteiger partial charge in [-0.1, -0.05) is 0 Å². The van der Waals surface area contributed by atoms with E-state index in [1.54, 1.807) is 0 Å². The summed E-state index contributed by atoms with van der Waals surface area (Å²) in [5.74, 6) is 0.630. The van der Waals surface area contributed by atoms with Gasteiger partial charge in [-0.25, -0.2) is 4.98 Å². The third-order valence-electron chi connectivity index (χ3n) is 2.48. The Balaban J connectivity index is 2.09. The van der Waals surface area contributed by atoms with Crippen molar-refractivity contribution in [3.63, 3.8) is 0 Å². The molecule has 0 aromatic carbocycles. The molecule has 0 amide bonds. The molecule has 0 bridgehead atoms. The van der Waals surface area contributed by atoms with Gasteiger partial charge in [0.05, 0.1) is 6.33 Å². The van der Waals surface area contributed by atoms with Crippen molar-refractivity contribution in [2.24, 2.45) is 0 Å². The Morgan fingerprint density at radius 1 is 1.47 bits per heavy atom. The number of hydrogen-bond acceptors (Lipinski definition) is 4. The van der Waals surface area contributed by atoms with Gasteiger partial charge in [0, 0.05) is 6.04 Å². The summed E-state index contributed by atoms with van der Waals surface area (Å²) in [4.78, 5) is 17.9. The third kappa shape index (κ3) is 2.57. The zero-order valence-electron chi connectivity index (χ0n) is 8.22. The van der Waals surface area contributed by atoms with E-state index >= 15 is 0 Å². The van der Waals surface area contributed by atoms with Crippen LogP contribution >= 0.6 is 15.9 Å². The molecule has 0 unspecified atom stereocenters. The summed E-state index contributed by atoms with van der Waals surface area (Å²) in [6.07, 6.45) is 3.53.